The van der Waals surface area contributed by atoms with Gasteiger partial charge in [0, 0.05) is 35.5 Å². The van der Waals surface area contributed by atoms with E-state index in [9.17, 15) is 4.79 Å². The number of benzene rings is 1. The molecule has 0 unspecified atom stereocenters. The number of thioether (sulfide) groups is 1. The summed E-state index contributed by atoms with van der Waals surface area (Å²) < 4.78 is 3.74. The SMILES string of the molecule is Cc1nn(C)c2ncc(NC(=O)c3ccccc3SCc3cn4ccccc4n3)cc12. The Kier molecular flexibility index (Phi) is 4.91. The molecule has 31 heavy (non-hydrogen) atoms. The number of imidazole rings is 1. The number of nitrogens with zero attached hydrogens (tertiary/aromatic N) is 5. The fraction of sp³-hybridized carbons (Fsp3) is 0.130. The molecule has 7 nitrogen and oxygen atoms in total. The minimum atomic E-state index is -0.166. The molecular weight excluding hydrogens is 408 g/mol. The van der Waals surface area contributed by atoms with E-state index >= 15 is 0 Å². The summed E-state index contributed by atoms with van der Waals surface area (Å²) in [7, 11) is 1.86. The van der Waals surface area contributed by atoms with Crippen LogP contribution in [0.25, 0.3) is 16.7 Å². The largest absolute Gasteiger partial charge is 0.321 e. The van der Waals surface area contributed by atoms with E-state index in [4.69, 9.17) is 0 Å². The van der Waals surface area contributed by atoms with E-state index in [1.165, 1.54) is 0 Å². The van der Waals surface area contributed by atoms with Gasteiger partial charge in [0.15, 0.2) is 5.65 Å². The van der Waals surface area contributed by atoms with Crippen LogP contribution >= 0.6 is 11.8 Å². The second kappa shape index (κ2) is 7.88. The fourth-order valence-corrected chi connectivity index (χ4v) is 4.50. The molecule has 1 N–H and O–H groups in total. The number of anilines is 1. The molecule has 0 saturated carbocycles. The van der Waals surface area contributed by atoms with Gasteiger partial charge in [-0.25, -0.2) is 9.97 Å². The van der Waals surface area contributed by atoms with Crippen LogP contribution in [0, 0.1) is 6.92 Å². The number of carbonyl (C=O) groups excluding carboxylic acids is 1. The van der Waals surface area contributed by atoms with E-state index in [1.807, 2.05) is 79.3 Å². The van der Waals surface area contributed by atoms with Crippen molar-refractivity contribution in [1.82, 2.24) is 24.1 Å². The summed E-state index contributed by atoms with van der Waals surface area (Å²) in [4.78, 5) is 23.0. The zero-order chi connectivity index (χ0) is 21.4. The van der Waals surface area contributed by atoms with E-state index in [2.05, 4.69) is 20.4 Å². The molecule has 0 saturated heterocycles. The quantitative estimate of drug-likeness (QED) is 0.418. The third kappa shape index (κ3) is 3.77. The zero-order valence-corrected chi connectivity index (χ0v) is 17.9. The summed E-state index contributed by atoms with van der Waals surface area (Å²) in [5.41, 5.74) is 4.82. The monoisotopic (exact) mass is 428 g/mol. The minimum Gasteiger partial charge on any atom is -0.321 e. The molecule has 154 valence electrons. The molecule has 0 spiro atoms. The highest BCUT2D eigenvalue weighted by Gasteiger charge is 2.14. The van der Waals surface area contributed by atoms with Gasteiger partial charge in [-0.15, -0.1) is 11.8 Å². The van der Waals surface area contributed by atoms with Crippen LogP contribution in [-0.2, 0) is 12.8 Å². The van der Waals surface area contributed by atoms with Gasteiger partial charge in [-0.2, -0.15) is 5.10 Å². The Morgan fingerprint density at radius 2 is 2.00 bits per heavy atom. The molecule has 4 aromatic heterocycles. The number of fused-ring (bicyclic) bond motifs is 2. The third-order valence-electron chi connectivity index (χ3n) is 5.04. The van der Waals surface area contributed by atoms with Crippen LogP contribution in [0.15, 0.2) is 72.0 Å². The van der Waals surface area contributed by atoms with Crippen LogP contribution < -0.4 is 5.32 Å². The molecule has 4 heterocycles. The van der Waals surface area contributed by atoms with Gasteiger partial charge in [-0.3, -0.25) is 9.48 Å². The van der Waals surface area contributed by atoms with E-state index in [-0.39, 0.29) is 5.91 Å². The molecule has 0 aliphatic rings. The first-order valence-corrected chi connectivity index (χ1v) is 10.8. The van der Waals surface area contributed by atoms with Gasteiger partial charge in [0.1, 0.15) is 5.65 Å². The molecule has 0 aliphatic carbocycles. The van der Waals surface area contributed by atoms with Gasteiger partial charge in [0.2, 0.25) is 0 Å². The highest BCUT2D eigenvalue weighted by atomic mass is 32.2. The number of rotatable bonds is 5. The van der Waals surface area contributed by atoms with Gasteiger partial charge in [0.05, 0.1) is 28.8 Å². The maximum atomic E-state index is 13.0. The van der Waals surface area contributed by atoms with Crippen LogP contribution in [0.5, 0.6) is 0 Å². The molecule has 1 amide bonds. The average Bonchev–Trinajstić information content (AvgIpc) is 3.32. The first-order chi connectivity index (χ1) is 15.1. The van der Waals surface area contributed by atoms with Gasteiger partial charge >= 0.3 is 0 Å². The Morgan fingerprint density at radius 1 is 1.16 bits per heavy atom. The minimum absolute atomic E-state index is 0.166. The second-order valence-electron chi connectivity index (χ2n) is 7.24. The first-order valence-electron chi connectivity index (χ1n) is 9.83. The number of hydrogen-bond acceptors (Lipinski definition) is 5. The van der Waals surface area contributed by atoms with Crippen molar-refractivity contribution in [1.29, 1.82) is 0 Å². The normalized spacial score (nSPS) is 11.3. The van der Waals surface area contributed by atoms with E-state index < -0.39 is 0 Å². The molecule has 1 aromatic carbocycles. The molecule has 0 fully saturated rings. The van der Waals surface area contributed by atoms with Gasteiger partial charge in [-0.05, 0) is 37.3 Å². The summed E-state index contributed by atoms with van der Waals surface area (Å²) in [5, 5.41) is 8.28. The van der Waals surface area contributed by atoms with Gasteiger partial charge in [-0.1, -0.05) is 18.2 Å². The molecule has 8 heteroatoms. The number of aromatic nitrogens is 5. The van der Waals surface area contributed by atoms with E-state index in [1.54, 1.807) is 22.6 Å². The van der Waals surface area contributed by atoms with Crippen LogP contribution in [-0.4, -0.2) is 30.1 Å². The summed E-state index contributed by atoms with van der Waals surface area (Å²) in [6.45, 7) is 1.93. The molecule has 5 rings (SSSR count). The number of aryl methyl sites for hydroxylation is 2. The van der Waals surface area contributed by atoms with Gasteiger partial charge in [0.25, 0.3) is 5.91 Å². The Morgan fingerprint density at radius 3 is 2.87 bits per heavy atom. The van der Waals surface area contributed by atoms with E-state index in [0.29, 0.717) is 17.0 Å². The Hall–Kier alpha value is -3.65. The number of amides is 1. The standard InChI is InChI=1S/C23H20N6OS/c1-15-19-11-16(12-24-22(19)28(2)27-15)26-23(30)18-7-3-4-8-20(18)31-14-17-13-29-10-6-5-9-21(29)25-17/h3-13H,14H2,1-2H3,(H,26,30). The van der Waals surface area contributed by atoms with Crippen molar-refractivity contribution in [2.45, 2.75) is 17.6 Å². The van der Waals surface area contributed by atoms with E-state index in [0.717, 1.165) is 33.0 Å². The number of pyridine rings is 2. The fourth-order valence-electron chi connectivity index (χ4n) is 3.56. The average molecular weight is 429 g/mol. The smallest absolute Gasteiger partial charge is 0.256 e. The molecule has 5 aromatic rings. The summed E-state index contributed by atoms with van der Waals surface area (Å²) in [5.74, 6) is 0.509. The lowest BCUT2D eigenvalue weighted by Crippen LogP contribution is -2.13. The van der Waals surface area contributed by atoms with Crippen molar-refractivity contribution in [3.05, 3.63) is 84.1 Å². The summed E-state index contributed by atoms with van der Waals surface area (Å²) in [6.07, 6.45) is 5.66. The topological polar surface area (TPSA) is 77.1 Å². The van der Waals surface area contributed by atoms with Crippen molar-refractivity contribution in [3.8, 4) is 0 Å². The van der Waals surface area contributed by atoms with Crippen molar-refractivity contribution in [2.24, 2.45) is 7.05 Å². The molecule has 0 radical (unpaired) electrons. The lowest BCUT2D eigenvalue weighted by molar-refractivity contribution is 0.102. The Labute approximate surface area is 183 Å². The summed E-state index contributed by atoms with van der Waals surface area (Å²) >= 11 is 1.60. The lowest BCUT2D eigenvalue weighted by Gasteiger charge is -2.09. The highest BCUT2D eigenvalue weighted by Crippen LogP contribution is 2.27. The number of carbonyl (C=O) groups is 1. The van der Waals surface area contributed by atoms with Crippen molar-refractivity contribution in [3.63, 3.8) is 0 Å². The van der Waals surface area contributed by atoms with Crippen molar-refractivity contribution < 1.29 is 4.79 Å². The second-order valence-corrected chi connectivity index (χ2v) is 8.26. The Bertz CT molecular complexity index is 1390. The van der Waals surface area contributed by atoms with Crippen molar-refractivity contribution >= 4 is 40.0 Å². The number of nitrogens with one attached hydrogen (secondary N) is 1. The van der Waals surface area contributed by atoms with Crippen LogP contribution in [0.1, 0.15) is 21.7 Å². The van der Waals surface area contributed by atoms with Crippen LogP contribution in [0.2, 0.25) is 0 Å². The van der Waals surface area contributed by atoms with Crippen LogP contribution in [0.3, 0.4) is 0 Å². The first kappa shape index (κ1) is 19.3. The number of hydrogen-bond donors (Lipinski definition) is 1. The predicted octanol–water partition coefficient (Wildman–Crippen LogP) is 4.47. The Balaban J connectivity index is 1.35. The molecule has 0 bridgehead atoms. The predicted molar refractivity (Wildman–Crippen MR) is 122 cm³/mol. The van der Waals surface area contributed by atoms with Crippen LogP contribution in [0.4, 0.5) is 5.69 Å². The zero-order valence-electron chi connectivity index (χ0n) is 17.1. The van der Waals surface area contributed by atoms with Gasteiger partial charge < -0.3 is 9.72 Å². The third-order valence-corrected chi connectivity index (χ3v) is 6.15. The maximum Gasteiger partial charge on any atom is 0.256 e. The molecular formula is C23H20N6OS. The molecule has 0 atom stereocenters. The lowest BCUT2D eigenvalue weighted by atomic mass is 10.2. The maximum absolute atomic E-state index is 13.0. The van der Waals surface area contributed by atoms with Crippen molar-refractivity contribution in [2.75, 3.05) is 5.32 Å². The molecule has 0 aliphatic heterocycles. The highest BCUT2D eigenvalue weighted by molar-refractivity contribution is 7.98. The summed E-state index contributed by atoms with van der Waals surface area (Å²) in [6, 6.07) is 15.4.